The molecular weight excluding hydrogens is 208 g/mol. The summed E-state index contributed by atoms with van der Waals surface area (Å²) >= 11 is 1.62. The van der Waals surface area contributed by atoms with Crippen molar-refractivity contribution in [2.24, 2.45) is 0 Å². The third-order valence-electron chi connectivity index (χ3n) is 1.87. The summed E-state index contributed by atoms with van der Waals surface area (Å²) < 4.78 is 0. The van der Waals surface area contributed by atoms with Gasteiger partial charge in [-0.05, 0) is 12.1 Å². The Morgan fingerprint density at radius 3 is 3.07 bits per heavy atom. The van der Waals surface area contributed by atoms with E-state index in [4.69, 9.17) is 5.11 Å². The maximum absolute atomic E-state index is 8.65. The topological polar surface area (TPSA) is 46.0 Å². The fraction of sp³-hybridized carbons (Fsp3) is 0.0909. The minimum absolute atomic E-state index is 0.0678. The maximum Gasteiger partial charge on any atom is 0.0893 e. The first-order valence-electron chi connectivity index (χ1n) is 4.52. The Balaban J connectivity index is 2.24. The second-order valence-electron chi connectivity index (χ2n) is 2.91. The van der Waals surface area contributed by atoms with Gasteiger partial charge >= 0.3 is 0 Å². The molecule has 2 aromatic rings. The zero-order valence-electron chi connectivity index (χ0n) is 8.00. The normalized spacial score (nSPS) is 11.0. The number of nitrogens with zero attached hydrogens (tertiary/aromatic N) is 2. The molecule has 0 fully saturated rings. The van der Waals surface area contributed by atoms with Gasteiger partial charge in [-0.2, -0.15) is 0 Å². The van der Waals surface area contributed by atoms with E-state index in [9.17, 15) is 0 Å². The van der Waals surface area contributed by atoms with Gasteiger partial charge in [0.25, 0.3) is 0 Å². The molecule has 0 saturated heterocycles. The molecule has 0 radical (unpaired) electrons. The van der Waals surface area contributed by atoms with Gasteiger partial charge in [0.1, 0.15) is 0 Å². The standard InChI is InChI=1S/C11H10N2OS/c14-5-1-2-10-6-9(8-15-10)11-7-12-3-4-13-11/h1-4,6-8,14H,5H2. The van der Waals surface area contributed by atoms with Crippen molar-refractivity contribution in [1.82, 2.24) is 9.97 Å². The van der Waals surface area contributed by atoms with Crippen LogP contribution in [0.1, 0.15) is 4.88 Å². The summed E-state index contributed by atoms with van der Waals surface area (Å²) in [6.45, 7) is 0.0678. The molecule has 0 saturated carbocycles. The number of aliphatic hydroxyl groups excluding tert-OH is 1. The zero-order chi connectivity index (χ0) is 10.5. The van der Waals surface area contributed by atoms with E-state index < -0.39 is 0 Å². The Morgan fingerprint density at radius 1 is 1.40 bits per heavy atom. The van der Waals surface area contributed by atoms with Crippen LogP contribution >= 0.6 is 11.3 Å². The van der Waals surface area contributed by atoms with Crippen LogP contribution in [-0.2, 0) is 0 Å². The molecule has 2 heterocycles. The van der Waals surface area contributed by atoms with Crippen molar-refractivity contribution in [2.75, 3.05) is 6.61 Å². The number of aliphatic hydroxyl groups is 1. The third kappa shape index (κ3) is 2.49. The van der Waals surface area contributed by atoms with Gasteiger partial charge in [0, 0.05) is 28.2 Å². The van der Waals surface area contributed by atoms with E-state index in [-0.39, 0.29) is 6.61 Å². The summed E-state index contributed by atoms with van der Waals surface area (Å²) in [5.41, 5.74) is 1.93. The predicted octanol–water partition coefficient (Wildman–Crippen LogP) is 2.21. The molecule has 4 heteroatoms. The van der Waals surface area contributed by atoms with E-state index in [1.54, 1.807) is 36.0 Å². The first kappa shape index (κ1) is 10.0. The van der Waals surface area contributed by atoms with Gasteiger partial charge in [-0.25, -0.2) is 0 Å². The second-order valence-corrected chi connectivity index (χ2v) is 3.86. The first-order valence-corrected chi connectivity index (χ1v) is 5.40. The Bertz CT molecular complexity index is 451. The summed E-state index contributed by atoms with van der Waals surface area (Å²) in [4.78, 5) is 9.33. The van der Waals surface area contributed by atoms with E-state index in [1.165, 1.54) is 0 Å². The van der Waals surface area contributed by atoms with Crippen molar-refractivity contribution in [1.29, 1.82) is 0 Å². The molecule has 0 atom stereocenters. The lowest BCUT2D eigenvalue weighted by Crippen LogP contribution is -1.80. The lowest BCUT2D eigenvalue weighted by Gasteiger charge is -1.92. The molecule has 0 amide bonds. The highest BCUT2D eigenvalue weighted by Gasteiger charge is 2.01. The lowest BCUT2D eigenvalue weighted by atomic mass is 10.2. The average molecular weight is 218 g/mol. The van der Waals surface area contributed by atoms with Gasteiger partial charge in [-0.1, -0.05) is 6.08 Å². The minimum atomic E-state index is 0.0678. The van der Waals surface area contributed by atoms with Gasteiger partial charge in [-0.3, -0.25) is 9.97 Å². The fourth-order valence-corrected chi connectivity index (χ4v) is 2.01. The van der Waals surface area contributed by atoms with E-state index in [0.29, 0.717) is 0 Å². The molecule has 15 heavy (non-hydrogen) atoms. The molecule has 0 aromatic carbocycles. The van der Waals surface area contributed by atoms with Crippen LogP contribution in [0.5, 0.6) is 0 Å². The van der Waals surface area contributed by atoms with E-state index in [0.717, 1.165) is 16.1 Å². The molecule has 0 bridgehead atoms. The van der Waals surface area contributed by atoms with Gasteiger partial charge < -0.3 is 5.11 Å². The highest BCUT2D eigenvalue weighted by Crippen LogP contribution is 2.24. The molecule has 3 nitrogen and oxygen atoms in total. The van der Waals surface area contributed by atoms with Crippen molar-refractivity contribution in [3.8, 4) is 11.3 Å². The Labute approximate surface area is 91.8 Å². The summed E-state index contributed by atoms with van der Waals surface area (Å²) in [5, 5.41) is 10.7. The molecule has 0 aliphatic rings. The predicted molar refractivity (Wildman–Crippen MR) is 61.5 cm³/mol. The van der Waals surface area contributed by atoms with Gasteiger partial charge in [0.2, 0.25) is 0 Å². The molecule has 2 rings (SSSR count). The van der Waals surface area contributed by atoms with Crippen LogP contribution in [0.25, 0.3) is 17.3 Å². The quantitative estimate of drug-likeness (QED) is 0.859. The monoisotopic (exact) mass is 218 g/mol. The summed E-state index contributed by atoms with van der Waals surface area (Å²) in [7, 11) is 0. The maximum atomic E-state index is 8.65. The Kier molecular flexibility index (Phi) is 3.22. The van der Waals surface area contributed by atoms with Crippen LogP contribution in [0.3, 0.4) is 0 Å². The van der Waals surface area contributed by atoms with E-state index in [2.05, 4.69) is 9.97 Å². The number of rotatable bonds is 3. The zero-order valence-corrected chi connectivity index (χ0v) is 8.81. The molecule has 0 unspecified atom stereocenters. The van der Waals surface area contributed by atoms with Crippen molar-refractivity contribution in [3.05, 3.63) is 41.0 Å². The van der Waals surface area contributed by atoms with Gasteiger partial charge in [-0.15, -0.1) is 11.3 Å². The van der Waals surface area contributed by atoms with Crippen LogP contribution in [0.15, 0.2) is 36.1 Å². The average Bonchev–Trinajstić information content (AvgIpc) is 2.76. The van der Waals surface area contributed by atoms with Crippen LogP contribution < -0.4 is 0 Å². The van der Waals surface area contributed by atoms with Crippen molar-refractivity contribution < 1.29 is 5.11 Å². The number of hydrogen-bond acceptors (Lipinski definition) is 4. The SMILES string of the molecule is OCC=Cc1cc(-c2cnccn2)cs1. The molecule has 1 N–H and O–H groups in total. The smallest absolute Gasteiger partial charge is 0.0893 e. The number of thiophene rings is 1. The highest BCUT2D eigenvalue weighted by atomic mass is 32.1. The van der Waals surface area contributed by atoms with Crippen LogP contribution in [0.4, 0.5) is 0 Å². The molecular formula is C11H10N2OS. The lowest BCUT2D eigenvalue weighted by molar-refractivity contribution is 0.343. The van der Waals surface area contributed by atoms with Crippen molar-refractivity contribution >= 4 is 17.4 Å². The number of aromatic nitrogens is 2. The van der Waals surface area contributed by atoms with Gasteiger partial charge in [0.15, 0.2) is 0 Å². The van der Waals surface area contributed by atoms with Crippen molar-refractivity contribution in [2.45, 2.75) is 0 Å². The molecule has 2 aromatic heterocycles. The molecule has 76 valence electrons. The summed E-state index contributed by atoms with van der Waals surface area (Å²) in [5.74, 6) is 0. The van der Waals surface area contributed by atoms with Gasteiger partial charge in [0.05, 0.1) is 18.5 Å². The van der Waals surface area contributed by atoms with E-state index >= 15 is 0 Å². The number of hydrogen-bond donors (Lipinski definition) is 1. The first-order chi connectivity index (χ1) is 7.40. The third-order valence-corrected chi connectivity index (χ3v) is 2.76. The highest BCUT2D eigenvalue weighted by molar-refractivity contribution is 7.11. The fourth-order valence-electron chi connectivity index (χ4n) is 1.19. The molecule has 0 aliphatic carbocycles. The Hall–Kier alpha value is -1.52. The van der Waals surface area contributed by atoms with Crippen LogP contribution in [0.2, 0.25) is 0 Å². The summed E-state index contributed by atoms with van der Waals surface area (Å²) in [6.07, 6.45) is 8.68. The van der Waals surface area contributed by atoms with Crippen LogP contribution in [0, 0.1) is 0 Å². The van der Waals surface area contributed by atoms with E-state index in [1.807, 2.05) is 17.5 Å². The largest absolute Gasteiger partial charge is 0.392 e. The minimum Gasteiger partial charge on any atom is -0.392 e. The molecule has 0 spiro atoms. The van der Waals surface area contributed by atoms with Crippen LogP contribution in [-0.4, -0.2) is 21.7 Å². The Morgan fingerprint density at radius 2 is 2.33 bits per heavy atom. The second kappa shape index (κ2) is 4.82. The summed E-state index contributed by atoms with van der Waals surface area (Å²) in [6, 6.07) is 2.03. The van der Waals surface area contributed by atoms with Crippen molar-refractivity contribution in [3.63, 3.8) is 0 Å². The molecule has 0 aliphatic heterocycles.